The number of tetrazole rings is 1. The highest BCUT2D eigenvalue weighted by Crippen LogP contribution is 2.12. The predicted molar refractivity (Wildman–Crippen MR) is 76.5 cm³/mol. The second kappa shape index (κ2) is 8.04. The molecule has 1 aromatic heterocycles. The smallest absolute Gasteiger partial charge is 0.241 e. The van der Waals surface area contributed by atoms with Gasteiger partial charge in [-0.25, -0.2) is 4.68 Å². The molecule has 1 atom stereocenters. The number of rotatable bonds is 7. The first-order chi connectivity index (χ1) is 10.1. The van der Waals surface area contributed by atoms with E-state index in [4.69, 9.17) is 4.74 Å². The van der Waals surface area contributed by atoms with Crippen LogP contribution in [0.25, 0.3) is 0 Å². The number of carbonyl (C=O) groups is 1. The van der Waals surface area contributed by atoms with Crippen molar-refractivity contribution < 1.29 is 9.53 Å². The number of aromatic nitrogens is 4. The molecule has 0 aliphatic carbocycles. The van der Waals surface area contributed by atoms with Gasteiger partial charge in [0.15, 0.2) is 0 Å². The second-order valence-electron chi connectivity index (χ2n) is 5.74. The molecule has 1 aliphatic rings. The van der Waals surface area contributed by atoms with Crippen molar-refractivity contribution in [3.05, 3.63) is 6.33 Å². The van der Waals surface area contributed by atoms with Gasteiger partial charge in [0.05, 0.1) is 13.2 Å². The van der Waals surface area contributed by atoms with Crippen LogP contribution in [-0.2, 0) is 16.1 Å². The quantitative estimate of drug-likeness (QED) is 0.732. The first-order valence-corrected chi connectivity index (χ1v) is 7.44. The van der Waals surface area contributed by atoms with Gasteiger partial charge in [-0.2, -0.15) is 0 Å². The summed E-state index contributed by atoms with van der Waals surface area (Å²) in [6, 6.07) is 0.353. The molecule has 1 aromatic rings. The fourth-order valence-electron chi connectivity index (χ4n) is 2.54. The Morgan fingerprint density at radius 3 is 2.76 bits per heavy atom. The fourth-order valence-corrected chi connectivity index (χ4v) is 2.54. The molecule has 1 unspecified atom stereocenters. The minimum Gasteiger partial charge on any atom is -0.379 e. The molecule has 0 aromatic carbocycles. The molecule has 21 heavy (non-hydrogen) atoms. The topological polar surface area (TPSA) is 85.2 Å². The first kappa shape index (κ1) is 15.8. The number of hydrogen-bond donors (Lipinski definition) is 1. The molecular formula is C13H24N6O2. The summed E-state index contributed by atoms with van der Waals surface area (Å²) in [5, 5.41) is 13.7. The molecule has 8 heteroatoms. The van der Waals surface area contributed by atoms with Crippen molar-refractivity contribution >= 4 is 5.91 Å². The highest BCUT2D eigenvalue weighted by Gasteiger charge is 2.22. The van der Waals surface area contributed by atoms with Gasteiger partial charge in [0, 0.05) is 25.7 Å². The van der Waals surface area contributed by atoms with E-state index in [2.05, 4.69) is 39.6 Å². The number of ether oxygens (including phenoxy) is 1. The minimum atomic E-state index is -0.0654. The lowest BCUT2D eigenvalue weighted by atomic mass is 10.0. The van der Waals surface area contributed by atoms with E-state index < -0.39 is 0 Å². The van der Waals surface area contributed by atoms with E-state index in [0.29, 0.717) is 18.5 Å². The zero-order valence-electron chi connectivity index (χ0n) is 12.7. The predicted octanol–water partition coefficient (Wildman–Crippen LogP) is -0.464. The van der Waals surface area contributed by atoms with Crippen LogP contribution < -0.4 is 5.32 Å². The third-order valence-electron chi connectivity index (χ3n) is 3.54. The maximum atomic E-state index is 11.9. The summed E-state index contributed by atoms with van der Waals surface area (Å²) in [5.41, 5.74) is 0. The molecule has 1 amide bonds. The molecule has 8 nitrogen and oxygen atoms in total. The van der Waals surface area contributed by atoms with Crippen LogP contribution in [0.1, 0.15) is 20.3 Å². The number of carbonyl (C=O) groups excluding carboxylic acids is 1. The van der Waals surface area contributed by atoms with Crippen LogP contribution in [0.4, 0.5) is 0 Å². The van der Waals surface area contributed by atoms with Crippen LogP contribution in [0, 0.1) is 5.92 Å². The molecule has 0 radical (unpaired) electrons. The van der Waals surface area contributed by atoms with Crippen molar-refractivity contribution in [1.29, 1.82) is 0 Å². The van der Waals surface area contributed by atoms with Gasteiger partial charge in [-0.05, 0) is 22.8 Å². The number of hydrogen-bond acceptors (Lipinski definition) is 6. The van der Waals surface area contributed by atoms with Crippen molar-refractivity contribution in [3.63, 3.8) is 0 Å². The monoisotopic (exact) mass is 296 g/mol. The molecule has 1 fully saturated rings. The van der Waals surface area contributed by atoms with Gasteiger partial charge in [-0.3, -0.25) is 9.69 Å². The summed E-state index contributed by atoms with van der Waals surface area (Å²) in [7, 11) is 0. The van der Waals surface area contributed by atoms with E-state index >= 15 is 0 Å². The highest BCUT2D eigenvalue weighted by molar-refractivity contribution is 5.75. The molecular weight excluding hydrogens is 272 g/mol. The van der Waals surface area contributed by atoms with Crippen molar-refractivity contribution in [3.8, 4) is 0 Å². The van der Waals surface area contributed by atoms with E-state index in [-0.39, 0.29) is 12.5 Å². The maximum Gasteiger partial charge on any atom is 0.241 e. The molecule has 0 spiro atoms. The maximum absolute atomic E-state index is 11.9. The Balaban J connectivity index is 1.81. The molecule has 2 rings (SSSR count). The largest absolute Gasteiger partial charge is 0.379 e. The number of amides is 1. The normalized spacial score (nSPS) is 17.9. The van der Waals surface area contributed by atoms with E-state index in [1.807, 2.05) is 0 Å². The lowest BCUT2D eigenvalue weighted by Gasteiger charge is -2.35. The van der Waals surface area contributed by atoms with Crippen LogP contribution >= 0.6 is 0 Å². The van der Waals surface area contributed by atoms with Gasteiger partial charge in [-0.15, -0.1) is 5.10 Å². The lowest BCUT2D eigenvalue weighted by Crippen LogP contribution is -2.49. The molecule has 118 valence electrons. The summed E-state index contributed by atoms with van der Waals surface area (Å²) < 4.78 is 6.81. The van der Waals surface area contributed by atoms with Gasteiger partial charge in [0.25, 0.3) is 0 Å². The third kappa shape index (κ3) is 5.39. The van der Waals surface area contributed by atoms with Gasteiger partial charge < -0.3 is 10.1 Å². The van der Waals surface area contributed by atoms with E-state index in [1.54, 1.807) is 0 Å². The Bertz CT molecular complexity index is 416. The standard InChI is InChI=1S/C13H24N6O2/c1-11(2)7-12(18-3-5-21-6-4-18)8-14-13(20)9-19-10-15-16-17-19/h10-12H,3-9H2,1-2H3,(H,14,20). The van der Waals surface area contributed by atoms with Gasteiger partial charge in [-0.1, -0.05) is 13.8 Å². The summed E-state index contributed by atoms with van der Waals surface area (Å²) in [6.07, 6.45) is 2.50. The van der Waals surface area contributed by atoms with E-state index in [9.17, 15) is 4.79 Å². The molecule has 2 heterocycles. The zero-order chi connectivity index (χ0) is 15.1. The Labute approximate surface area is 124 Å². The van der Waals surface area contributed by atoms with E-state index in [1.165, 1.54) is 11.0 Å². The SMILES string of the molecule is CC(C)CC(CNC(=O)Cn1cnnn1)N1CCOCC1. The number of nitrogens with zero attached hydrogens (tertiary/aromatic N) is 5. The Morgan fingerprint density at radius 1 is 1.38 bits per heavy atom. The van der Waals surface area contributed by atoms with Crippen LogP contribution in [0.5, 0.6) is 0 Å². The lowest BCUT2D eigenvalue weighted by molar-refractivity contribution is -0.122. The first-order valence-electron chi connectivity index (χ1n) is 7.44. The fraction of sp³-hybridized carbons (Fsp3) is 0.846. The second-order valence-corrected chi connectivity index (χ2v) is 5.74. The number of nitrogens with one attached hydrogen (secondary N) is 1. The van der Waals surface area contributed by atoms with Crippen molar-refractivity contribution in [2.24, 2.45) is 5.92 Å². The Kier molecular flexibility index (Phi) is 6.06. The average molecular weight is 296 g/mol. The molecule has 1 N–H and O–H groups in total. The molecule has 1 aliphatic heterocycles. The highest BCUT2D eigenvalue weighted by atomic mass is 16.5. The van der Waals surface area contributed by atoms with Crippen LogP contribution in [-0.4, -0.2) is 69.9 Å². The minimum absolute atomic E-state index is 0.0654. The summed E-state index contributed by atoms with van der Waals surface area (Å²) in [5.74, 6) is 0.526. The third-order valence-corrected chi connectivity index (χ3v) is 3.54. The Morgan fingerprint density at radius 2 is 2.14 bits per heavy atom. The zero-order valence-corrected chi connectivity index (χ0v) is 12.7. The van der Waals surface area contributed by atoms with E-state index in [0.717, 1.165) is 32.7 Å². The molecule has 1 saturated heterocycles. The number of morpholine rings is 1. The van der Waals surface area contributed by atoms with Gasteiger partial charge in [0.2, 0.25) is 5.91 Å². The van der Waals surface area contributed by atoms with Crippen molar-refractivity contribution in [1.82, 2.24) is 30.4 Å². The van der Waals surface area contributed by atoms with Crippen LogP contribution in [0.2, 0.25) is 0 Å². The Hall–Kier alpha value is -1.54. The summed E-state index contributed by atoms with van der Waals surface area (Å²) in [4.78, 5) is 14.3. The molecule has 0 bridgehead atoms. The van der Waals surface area contributed by atoms with Gasteiger partial charge in [0.1, 0.15) is 12.9 Å². The molecule has 0 saturated carbocycles. The van der Waals surface area contributed by atoms with Crippen molar-refractivity contribution in [2.75, 3.05) is 32.8 Å². The van der Waals surface area contributed by atoms with Crippen LogP contribution in [0.15, 0.2) is 6.33 Å². The summed E-state index contributed by atoms with van der Waals surface area (Å²) in [6.45, 7) is 8.62. The van der Waals surface area contributed by atoms with Gasteiger partial charge >= 0.3 is 0 Å². The summed E-state index contributed by atoms with van der Waals surface area (Å²) >= 11 is 0. The average Bonchev–Trinajstić information content (AvgIpc) is 2.97. The van der Waals surface area contributed by atoms with Crippen LogP contribution in [0.3, 0.4) is 0 Å². The van der Waals surface area contributed by atoms with Crippen molar-refractivity contribution in [2.45, 2.75) is 32.9 Å².